The van der Waals surface area contributed by atoms with Gasteiger partial charge in [0, 0.05) is 17.5 Å². The Morgan fingerprint density at radius 1 is 1.11 bits per heavy atom. The minimum Gasteiger partial charge on any atom is -0.481 e. The summed E-state index contributed by atoms with van der Waals surface area (Å²) in [5, 5.41) is 9.68. The van der Waals surface area contributed by atoms with Crippen molar-refractivity contribution in [2.24, 2.45) is 0 Å². The fourth-order valence-electron chi connectivity index (χ4n) is 2.68. The van der Waals surface area contributed by atoms with Gasteiger partial charge in [-0.3, -0.25) is 4.79 Å². The second kappa shape index (κ2) is 8.47. The van der Waals surface area contributed by atoms with E-state index in [1.807, 2.05) is 37.3 Å². The van der Waals surface area contributed by atoms with Crippen molar-refractivity contribution in [2.45, 2.75) is 18.2 Å². The van der Waals surface area contributed by atoms with Crippen LogP contribution < -0.4 is 4.72 Å². The lowest BCUT2D eigenvalue weighted by Gasteiger charge is -2.09. The summed E-state index contributed by atoms with van der Waals surface area (Å²) in [6.45, 7) is 1.86. The van der Waals surface area contributed by atoms with Crippen molar-refractivity contribution >= 4 is 39.3 Å². The van der Waals surface area contributed by atoms with Gasteiger partial charge < -0.3 is 5.11 Å². The molecule has 142 valence electrons. The van der Waals surface area contributed by atoms with Gasteiger partial charge in [-0.1, -0.05) is 30.3 Å². The molecule has 2 N–H and O–H groups in total. The molecule has 0 amide bonds. The van der Waals surface area contributed by atoms with E-state index in [-0.39, 0.29) is 30.3 Å². The number of carbonyl (C=O) groups is 1. The third-order valence-electron chi connectivity index (χ3n) is 4.01. The number of hydrogen-bond donors (Lipinski definition) is 2. The minimum atomic E-state index is -3.73. The summed E-state index contributed by atoms with van der Waals surface area (Å²) in [6, 6.07) is 16.2. The zero-order valence-electron chi connectivity index (χ0n) is 14.5. The van der Waals surface area contributed by atoms with E-state index < -0.39 is 16.0 Å². The molecule has 0 atom stereocenters. The van der Waals surface area contributed by atoms with Gasteiger partial charge >= 0.3 is 5.97 Å². The summed E-state index contributed by atoms with van der Waals surface area (Å²) in [5.74, 6) is -1.05. The molecular weight excluding hydrogens is 388 g/mol. The Bertz CT molecular complexity index is 1070. The predicted molar refractivity (Wildman–Crippen MR) is 107 cm³/mol. The molecule has 6 nitrogen and oxygen atoms in total. The van der Waals surface area contributed by atoms with Crippen molar-refractivity contribution in [1.82, 2.24) is 9.71 Å². The summed E-state index contributed by atoms with van der Waals surface area (Å²) in [5.41, 5.74) is 3.56. The molecule has 0 bridgehead atoms. The highest BCUT2D eigenvalue weighted by Gasteiger charge is 2.14. The number of hydrogen-bond acceptors (Lipinski definition) is 4. The molecule has 0 unspecified atom stereocenters. The summed E-state index contributed by atoms with van der Waals surface area (Å²) in [6.07, 6.45) is -0.266. The summed E-state index contributed by atoms with van der Waals surface area (Å²) in [7, 11) is -3.73. The number of aliphatic carboxylic acids is 1. The van der Waals surface area contributed by atoms with Gasteiger partial charge in [-0.05, 0) is 36.8 Å². The Balaban J connectivity index is 0.00000261. The molecule has 0 saturated heterocycles. The standard InChI is InChI=1S/C19H18N2O4S.ClH/c1-13-12-18(21-17-5-3-2-4-16(13)17)14-6-8-15(9-7-14)26(24,25)20-11-10-19(22)23;/h2-9,12,20H,10-11H2,1H3,(H,22,23);1H. The first kappa shape index (κ1) is 20.8. The lowest BCUT2D eigenvalue weighted by Crippen LogP contribution is -2.26. The number of carboxylic acid groups (broad SMARTS) is 1. The second-order valence-corrected chi connectivity index (χ2v) is 7.67. The van der Waals surface area contributed by atoms with Crippen LogP contribution in [0.15, 0.2) is 59.5 Å². The molecule has 0 spiro atoms. The van der Waals surface area contributed by atoms with E-state index in [1.165, 1.54) is 12.1 Å². The molecule has 0 aliphatic heterocycles. The van der Waals surface area contributed by atoms with E-state index in [4.69, 9.17) is 5.11 Å². The van der Waals surface area contributed by atoms with Crippen LogP contribution in [-0.2, 0) is 14.8 Å². The number of halogens is 1. The number of aromatic nitrogens is 1. The quantitative estimate of drug-likeness (QED) is 0.654. The van der Waals surface area contributed by atoms with E-state index in [0.29, 0.717) is 0 Å². The molecule has 0 saturated carbocycles. The normalized spacial score (nSPS) is 11.1. The Labute approximate surface area is 163 Å². The fraction of sp³-hybridized carbons (Fsp3) is 0.158. The highest BCUT2D eigenvalue weighted by Crippen LogP contribution is 2.25. The van der Waals surface area contributed by atoms with Crippen molar-refractivity contribution in [3.63, 3.8) is 0 Å². The highest BCUT2D eigenvalue weighted by molar-refractivity contribution is 7.89. The first-order chi connectivity index (χ1) is 12.4. The van der Waals surface area contributed by atoms with Crippen LogP contribution in [0.4, 0.5) is 0 Å². The van der Waals surface area contributed by atoms with Gasteiger partial charge in [-0.15, -0.1) is 12.4 Å². The van der Waals surface area contributed by atoms with Crippen molar-refractivity contribution in [1.29, 1.82) is 0 Å². The van der Waals surface area contributed by atoms with Crippen LogP contribution in [0, 0.1) is 6.92 Å². The Morgan fingerprint density at radius 3 is 2.44 bits per heavy atom. The second-order valence-electron chi connectivity index (χ2n) is 5.91. The molecule has 0 fully saturated rings. The van der Waals surface area contributed by atoms with Crippen LogP contribution in [0.5, 0.6) is 0 Å². The van der Waals surface area contributed by atoms with Gasteiger partial charge in [0.05, 0.1) is 22.5 Å². The first-order valence-electron chi connectivity index (χ1n) is 8.05. The van der Waals surface area contributed by atoms with Crippen molar-refractivity contribution in [3.8, 4) is 11.3 Å². The number of rotatable bonds is 6. The molecule has 27 heavy (non-hydrogen) atoms. The SMILES string of the molecule is Cc1cc(-c2ccc(S(=O)(=O)NCCC(=O)O)cc2)nc2ccccc12.Cl. The Morgan fingerprint density at radius 2 is 1.78 bits per heavy atom. The van der Waals surface area contributed by atoms with Gasteiger partial charge in [0.2, 0.25) is 10.0 Å². The topological polar surface area (TPSA) is 96.4 Å². The lowest BCUT2D eigenvalue weighted by atomic mass is 10.1. The maximum absolute atomic E-state index is 12.2. The van der Waals surface area contributed by atoms with Crippen LogP contribution in [0.3, 0.4) is 0 Å². The molecule has 8 heteroatoms. The van der Waals surface area contributed by atoms with Crippen molar-refractivity contribution in [2.75, 3.05) is 6.54 Å². The van der Waals surface area contributed by atoms with Crippen molar-refractivity contribution < 1.29 is 18.3 Å². The smallest absolute Gasteiger partial charge is 0.304 e. The molecule has 0 radical (unpaired) electrons. The summed E-state index contributed by atoms with van der Waals surface area (Å²) in [4.78, 5) is 15.2. The number of benzene rings is 2. The maximum atomic E-state index is 12.2. The first-order valence-corrected chi connectivity index (χ1v) is 9.53. The predicted octanol–water partition coefficient (Wildman–Crippen LogP) is 3.39. The van der Waals surface area contributed by atoms with Gasteiger partial charge in [-0.2, -0.15) is 0 Å². The van der Waals surface area contributed by atoms with Crippen LogP contribution >= 0.6 is 12.4 Å². The molecule has 2 aromatic carbocycles. The number of fused-ring (bicyclic) bond motifs is 1. The molecule has 3 rings (SSSR count). The van der Waals surface area contributed by atoms with E-state index in [2.05, 4.69) is 9.71 Å². The van der Waals surface area contributed by atoms with Crippen LogP contribution in [0.1, 0.15) is 12.0 Å². The molecule has 1 heterocycles. The molecule has 1 aromatic heterocycles. The third kappa shape index (κ3) is 4.82. The maximum Gasteiger partial charge on any atom is 0.304 e. The Hall–Kier alpha value is -2.48. The number of para-hydroxylation sites is 1. The van der Waals surface area contributed by atoms with E-state index in [0.717, 1.165) is 27.7 Å². The van der Waals surface area contributed by atoms with Gasteiger partial charge in [0.1, 0.15) is 0 Å². The minimum absolute atomic E-state index is 0. The average Bonchev–Trinajstić information content (AvgIpc) is 2.61. The van der Waals surface area contributed by atoms with Crippen LogP contribution in [-0.4, -0.2) is 31.0 Å². The van der Waals surface area contributed by atoms with Crippen LogP contribution in [0.25, 0.3) is 22.2 Å². The molecule has 3 aromatic rings. The zero-order chi connectivity index (χ0) is 18.7. The number of nitrogens with zero attached hydrogens (tertiary/aromatic N) is 1. The molecule has 0 aliphatic carbocycles. The number of carboxylic acids is 1. The third-order valence-corrected chi connectivity index (χ3v) is 5.49. The lowest BCUT2D eigenvalue weighted by molar-refractivity contribution is -0.136. The van der Waals surface area contributed by atoms with Crippen molar-refractivity contribution in [3.05, 3.63) is 60.2 Å². The van der Waals surface area contributed by atoms with E-state index in [1.54, 1.807) is 12.1 Å². The number of sulfonamides is 1. The van der Waals surface area contributed by atoms with Gasteiger partial charge in [0.15, 0.2) is 0 Å². The monoisotopic (exact) mass is 406 g/mol. The van der Waals surface area contributed by atoms with Gasteiger partial charge in [0.25, 0.3) is 0 Å². The number of nitrogens with one attached hydrogen (secondary N) is 1. The zero-order valence-corrected chi connectivity index (χ0v) is 16.2. The average molecular weight is 407 g/mol. The molecule has 0 aliphatic rings. The Kier molecular flexibility index (Phi) is 6.54. The fourth-order valence-corrected chi connectivity index (χ4v) is 3.71. The summed E-state index contributed by atoms with van der Waals surface area (Å²) >= 11 is 0. The number of aryl methyl sites for hydroxylation is 1. The number of pyridine rings is 1. The van der Waals surface area contributed by atoms with Gasteiger partial charge in [-0.25, -0.2) is 18.1 Å². The van der Waals surface area contributed by atoms with E-state index in [9.17, 15) is 13.2 Å². The van der Waals surface area contributed by atoms with Crippen LogP contribution in [0.2, 0.25) is 0 Å². The largest absolute Gasteiger partial charge is 0.481 e. The molecular formula is C19H19ClN2O4S. The summed E-state index contributed by atoms with van der Waals surface area (Å²) < 4.78 is 26.6. The van der Waals surface area contributed by atoms with E-state index >= 15 is 0 Å². The highest BCUT2D eigenvalue weighted by atomic mass is 35.5.